The fraction of sp³-hybridized carbons (Fsp3) is 0.176. The Bertz CT molecular complexity index is 931. The van der Waals surface area contributed by atoms with Gasteiger partial charge in [0.15, 0.2) is 0 Å². The van der Waals surface area contributed by atoms with Crippen molar-refractivity contribution in [2.24, 2.45) is 5.10 Å². The lowest BCUT2D eigenvalue weighted by atomic mass is 10.2. The van der Waals surface area contributed by atoms with E-state index in [9.17, 15) is 13.2 Å². The Kier molecular flexibility index (Phi) is 6.76. The zero-order valence-corrected chi connectivity index (χ0v) is 16.6. The number of aromatic amines is 1. The number of nitrogens with one attached hydrogen (secondary N) is 2. The maximum absolute atomic E-state index is 12.2. The quantitative estimate of drug-likeness (QED) is 0.299. The lowest BCUT2D eigenvalue weighted by molar-refractivity contribution is 0.0543. The molecule has 138 valence electrons. The maximum atomic E-state index is 12.2. The van der Waals surface area contributed by atoms with Gasteiger partial charge in [0.25, 0.3) is 10.0 Å². The normalized spacial score (nSPS) is 12.0. The van der Waals surface area contributed by atoms with Gasteiger partial charge in [0.2, 0.25) is 0 Å². The van der Waals surface area contributed by atoms with Gasteiger partial charge >= 0.3 is 5.97 Å². The number of rotatable bonds is 7. The topological polar surface area (TPSA) is 101 Å². The molecule has 0 saturated carbocycles. The van der Waals surface area contributed by atoms with Gasteiger partial charge in [-0.05, 0) is 48.0 Å². The van der Waals surface area contributed by atoms with Crippen molar-refractivity contribution in [3.8, 4) is 0 Å². The van der Waals surface area contributed by atoms with E-state index < -0.39 is 16.0 Å². The van der Waals surface area contributed by atoms with Crippen LogP contribution in [0.15, 0.2) is 57.0 Å². The van der Waals surface area contributed by atoms with E-state index in [1.165, 1.54) is 24.4 Å². The van der Waals surface area contributed by atoms with Gasteiger partial charge in [-0.15, -0.1) is 0 Å². The molecule has 1 heterocycles. The SMILES string of the molecule is C/C=C/COC(=O)c1cc(Br)c(C=NNS(=O)(=O)c2ccc(C)cc2)[nH]1. The van der Waals surface area contributed by atoms with Crippen LogP contribution in [0.4, 0.5) is 0 Å². The van der Waals surface area contributed by atoms with Crippen molar-refractivity contribution in [2.75, 3.05) is 6.61 Å². The fourth-order valence-corrected chi connectivity index (χ4v) is 3.10. The number of aromatic nitrogens is 1. The molecule has 0 saturated heterocycles. The number of benzene rings is 1. The number of H-pyrrole nitrogens is 1. The Hall–Kier alpha value is -2.39. The number of nitrogens with zero attached hydrogens (tertiary/aromatic N) is 1. The molecule has 0 aliphatic carbocycles. The van der Waals surface area contributed by atoms with Gasteiger partial charge in [-0.3, -0.25) is 0 Å². The largest absolute Gasteiger partial charge is 0.457 e. The Balaban J connectivity index is 2.06. The molecule has 0 bridgehead atoms. The summed E-state index contributed by atoms with van der Waals surface area (Å²) in [5.74, 6) is -0.524. The van der Waals surface area contributed by atoms with Crippen LogP contribution >= 0.6 is 15.9 Å². The van der Waals surface area contributed by atoms with Gasteiger partial charge in [0.1, 0.15) is 12.3 Å². The van der Waals surface area contributed by atoms with Crippen LogP contribution in [0.5, 0.6) is 0 Å². The highest BCUT2D eigenvalue weighted by Crippen LogP contribution is 2.17. The molecule has 0 unspecified atom stereocenters. The summed E-state index contributed by atoms with van der Waals surface area (Å²) in [6, 6.07) is 7.93. The second-order valence-corrected chi connectivity index (χ2v) is 7.79. The number of carbonyl (C=O) groups excluding carboxylic acids is 1. The molecule has 7 nitrogen and oxygen atoms in total. The zero-order chi connectivity index (χ0) is 19.2. The summed E-state index contributed by atoms with van der Waals surface area (Å²) in [4.78, 5) is 16.9. The van der Waals surface area contributed by atoms with Crippen LogP contribution < -0.4 is 4.83 Å². The molecule has 0 spiro atoms. The van der Waals surface area contributed by atoms with Gasteiger partial charge < -0.3 is 9.72 Å². The van der Waals surface area contributed by atoms with Crippen molar-refractivity contribution >= 4 is 38.1 Å². The number of hydrogen-bond acceptors (Lipinski definition) is 5. The number of carbonyl (C=O) groups is 1. The van der Waals surface area contributed by atoms with Gasteiger partial charge in [-0.25, -0.2) is 9.63 Å². The highest BCUT2D eigenvalue weighted by atomic mass is 79.9. The molecular weight excluding hydrogens is 422 g/mol. The lowest BCUT2D eigenvalue weighted by Gasteiger charge is -2.03. The van der Waals surface area contributed by atoms with Gasteiger partial charge in [-0.2, -0.15) is 13.5 Å². The molecule has 0 aliphatic heterocycles. The number of allylic oxidation sites excluding steroid dienone is 1. The molecule has 2 aromatic rings. The minimum Gasteiger partial charge on any atom is -0.457 e. The predicted octanol–water partition coefficient (Wildman–Crippen LogP) is 3.13. The summed E-state index contributed by atoms with van der Waals surface area (Å²) in [5, 5.41) is 3.73. The van der Waals surface area contributed by atoms with E-state index in [4.69, 9.17) is 4.74 Å². The second kappa shape index (κ2) is 8.81. The smallest absolute Gasteiger partial charge is 0.355 e. The summed E-state index contributed by atoms with van der Waals surface area (Å²) in [5.41, 5.74) is 1.61. The number of hydrogen-bond donors (Lipinski definition) is 2. The Morgan fingerprint density at radius 2 is 2.04 bits per heavy atom. The van der Waals surface area contributed by atoms with Crippen molar-refractivity contribution in [1.29, 1.82) is 0 Å². The number of hydrazone groups is 1. The predicted molar refractivity (Wildman–Crippen MR) is 103 cm³/mol. The van der Waals surface area contributed by atoms with Crippen molar-refractivity contribution in [1.82, 2.24) is 9.82 Å². The lowest BCUT2D eigenvalue weighted by Crippen LogP contribution is -2.18. The van der Waals surface area contributed by atoms with Crippen LogP contribution in [0.3, 0.4) is 0 Å². The summed E-state index contributed by atoms with van der Waals surface area (Å²) in [7, 11) is -3.76. The van der Waals surface area contributed by atoms with Crippen molar-refractivity contribution in [3.05, 3.63) is 63.9 Å². The minimum absolute atomic E-state index is 0.110. The maximum Gasteiger partial charge on any atom is 0.355 e. The monoisotopic (exact) mass is 439 g/mol. The van der Waals surface area contributed by atoms with Crippen molar-refractivity contribution in [2.45, 2.75) is 18.7 Å². The highest BCUT2D eigenvalue weighted by molar-refractivity contribution is 9.10. The van der Waals surface area contributed by atoms with Crippen LogP contribution in [-0.4, -0.2) is 32.2 Å². The van der Waals surface area contributed by atoms with Crippen LogP contribution in [0.1, 0.15) is 28.7 Å². The first kappa shape index (κ1) is 19.9. The van der Waals surface area contributed by atoms with E-state index in [0.717, 1.165) is 5.56 Å². The van der Waals surface area contributed by atoms with Crippen molar-refractivity contribution < 1.29 is 17.9 Å². The molecule has 0 fully saturated rings. The first-order valence-corrected chi connectivity index (χ1v) is 9.89. The van der Waals surface area contributed by atoms with E-state index in [1.807, 2.05) is 13.8 Å². The summed E-state index contributed by atoms with van der Waals surface area (Å²) >= 11 is 3.28. The first-order valence-electron chi connectivity index (χ1n) is 7.62. The molecule has 1 aromatic heterocycles. The molecule has 2 rings (SSSR count). The third-order valence-corrected chi connectivity index (χ3v) is 5.16. The van der Waals surface area contributed by atoms with Crippen LogP contribution in [0, 0.1) is 6.92 Å². The van der Waals surface area contributed by atoms with Crippen molar-refractivity contribution in [3.63, 3.8) is 0 Å². The molecule has 0 atom stereocenters. The Labute approximate surface area is 160 Å². The molecule has 0 aliphatic rings. The molecule has 0 amide bonds. The number of sulfonamides is 1. The average molecular weight is 440 g/mol. The van der Waals surface area contributed by atoms with E-state index in [0.29, 0.717) is 10.2 Å². The molecule has 26 heavy (non-hydrogen) atoms. The number of ether oxygens (including phenoxy) is 1. The fourth-order valence-electron chi connectivity index (χ4n) is 1.88. The molecule has 2 N–H and O–H groups in total. The second-order valence-electron chi connectivity index (χ2n) is 5.28. The molecule has 1 aromatic carbocycles. The van der Waals surface area contributed by atoms with E-state index >= 15 is 0 Å². The minimum atomic E-state index is -3.76. The zero-order valence-electron chi connectivity index (χ0n) is 14.2. The van der Waals surface area contributed by atoms with Gasteiger partial charge in [-0.1, -0.05) is 29.8 Å². The first-order chi connectivity index (χ1) is 12.3. The van der Waals surface area contributed by atoms with Gasteiger partial charge in [0, 0.05) is 4.47 Å². The third-order valence-electron chi connectivity index (χ3n) is 3.26. The third kappa shape index (κ3) is 5.30. The van der Waals surface area contributed by atoms with E-state index in [1.54, 1.807) is 24.3 Å². The molecule has 0 radical (unpaired) electrons. The Morgan fingerprint density at radius 1 is 1.35 bits per heavy atom. The van der Waals surface area contributed by atoms with E-state index in [-0.39, 0.29) is 17.2 Å². The van der Waals surface area contributed by atoms with E-state index in [2.05, 4.69) is 30.8 Å². The highest BCUT2D eigenvalue weighted by Gasteiger charge is 2.14. The summed E-state index contributed by atoms with van der Waals surface area (Å²) in [6.45, 7) is 3.86. The summed E-state index contributed by atoms with van der Waals surface area (Å²) in [6.07, 6.45) is 4.74. The molecular formula is C17H18BrN3O4S. The van der Waals surface area contributed by atoms with Crippen LogP contribution in [-0.2, 0) is 14.8 Å². The van der Waals surface area contributed by atoms with Crippen LogP contribution in [0.2, 0.25) is 0 Å². The summed E-state index contributed by atoms with van der Waals surface area (Å²) < 4.78 is 29.9. The standard InChI is InChI=1S/C17H18BrN3O4S/c1-3-4-9-25-17(22)15-10-14(18)16(20-15)11-19-21-26(23,24)13-7-5-12(2)6-8-13/h3-8,10-11,20-21H,9H2,1-2H3/b4-3+,19-11?. The number of esters is 1. The number of halogens is 1. The van der Waals surface area contributed by atoms with Gasteiger partial charge in [0.05, 0.1) is 16.8 Å². The van der Waals surface area contributed by atoms with Crippen LogP contribution in [0.25, 0.3) is 0 Å². The average Bonchev–Trinajstić information content (AvgIpc) is 2.96. The number of aryl methyl sites for hydroxylation is 1. The molecule has 9 heteroatoms. The Morgan fingerprint density at radius 3 is 2.69 bits per heavy atom.